The molecule has 1 unspecified atom stereocenters. The smallest absolute Gasteiger partial charge is 0.267 e. The first-order valence-electron chi connectivity index (χ1n) is 8.02. The van der Waals surface area contributed by atoms with Crippen molar-refractivity contribution in [2.75, 3.05) is 11.9 Å². The first kappa shape index (κ1) is 17.0. The number of amides is 2. The van der Waals surface area contributed by atoms with E-state index in [0.29, 0.717) is 18.0 Å². The minimum absolute atomic E-state index is 0.120. The molecule has 2 amide bonds. The molecule has 3 rings (SSSR count). The van der Waals surface area contributed by atoms with Gasteiger partial charge in [-0.2, -0.15) is 0 Å². The van der Waals surface area contributed by atoms with Gasteiger partial charge in [-0.25, -0.2) is 4.39 Å². The van der Waals surface area contributed by atoms with Crippen molar-refractivity contribution in [1.29, 1.82) is 0 Å². The van der Waals surface area contributed by atoms with E-state index in [9.17, 15) is 14.0 Å². The third-order valence-corrected chi connectivity index (χ3v) is 4.13. The van der Waals surface area contributed by atoms with E-state index in [1.54, 1.807) is 43.1 Å². The molecule has 130 valence electrons. The first-order chi connectivity index (χ1) is 11.9. The predicted molar refractivity (Wildman–Crippen MR) is 91.9 cm³/mol. The SMILES string of the molecule is CC1Oc2ccc(CC(=O)NCc3ccc(F)cc3)cc2N(C)C1=O. The monoisotopic (exact) mass is 342 g/mol. The summed E-state index contributed by atoms with van der Waals surface area (Å²) in [6.07, 6.45) is -0.325. The third kappa shape index (κ3) is 3.79. The second-order valence-corrected chi connectivity index (χ2v) is 6.04. The number of carbonyl (C=O) groups excluding carboxylic acids is 2. The van der Waals surface area contributed by atoms with E-state index in [1.165, 1.54) is 12.1 Å². The minimum Gasteiger partial charge on any atom is -0.479 e. The van der Waals surface area contributed by atoms with Crippen molar-refractivity contribution in [2.24, 2.45) is 0 Å². The lowest BCUT2D eigenvalue weighted by Gasteiger charge is -2.30. The Labute approximate surface area is 145 Å². The fraction of sp³-hybridized carbons (Fsp3) is 0.263. The van der Waals surface area contributed by atoms with Gasteiger partial charge >= 0.3 is 0 Å². The van der Waals surface area contributed by atoms with Crippen LogP contribution in [0.25, 0.3) is 0 Å². The van der Waals surface area contributed by atoms with Gasteiger partial charge in [0.1, 0.15) is 11.6 Å². The summed E-state index contributed by atoms with van der Waals surface area (Å²) in [5.41, 5.74) is 2.27. The Kier molecular flexibility index (Phi) is 4.70. The van der Waals surface area contributed by atoms with E-state index < -0.39 is 6.10 Å². The van der Waals surface area contributed by atoms with Gasteiger partial charge in [0, 0.05) is 13.6 Å². The topological polar surface area (TPSA) is 58.6 Å². The third-order valence-electron chi connectivity index (χ3n) is 4.13. The number of fused-ring (bicyclic) bond motifs is 1. The van der Waals surface area contributed by atoms with E-state index in [0.717, 1.165) is 11.1 Å². The van der Waals surface area contributed by atoms with E-state index >= 15 is 0 Å². The highest BCUT2D eigenvalue weighted by atomic mass is 19.1. The second kappa shape index (κ2) is 6.93. The number of hydrogen-bond acceptors (Lipinski definition) is 3. The van der Waals surface area contributed by atoms with E-state index in [2.05, 4.69) is 5.32 Å². The molecule has 0 fully saturated rings. The number of carbonyl (C=O) groups is 2. The highest BCUT2D eigenvalue weighted by Crippen LogP contribution is 2.34. The number of benzene rings is 2. The summed E-state index contributed by atoms with van der Waals surface area (Å²) in [5.74, 6) is 0.0539. The van der Waals surface area contributed by atoms with Crippen molar-refractivity contribution < 1.29 is 18.7 Å². The molecule has 5 nitrogen and oxygen atoms in total. The summed E-state index contributed by atoms with van der Waals surface area (Å²) >= 11 is 0. The van der Waals surface area contributed by atoms with Crippen molar-refractivity contribution in [2.45, 2.75) is 26.0 Å². The summed E-state index contributed by atoms with van der Waals surface area (Å²) in [6, 6.07) is 11.4. The van der Waals surface area contributed by atoms with Gasteiger partial charge in [-0.05, 0) is 42.3 Å². The molecular weight excluding hydrogens is 323 g/mol. The zero-order chi connectivity index (χ0) is 18.0. The summed E-state index contributed by atoms with van der Waals surface area (Å²) < 4.78 is 18.4. The average molecular weight is 342 g/mol. The molecule has 2 aromatic rings. The van der Waals surface area contributed by atoms with E-state index in [4.69, 9.17) is 4.74 Å². The van der Waals surface area contributed by atoms with Gasteiger partial charge in [0.15, 0.2) is 6.10 Å². The zero-order valence-electron chi connectivity index (χ0n) is 14.1. The van der Waals surface area contributed by atoms with Crippen LogP contribution in [0, 0.1) is 5.82 Å². The predicted octanol–water partition coefficient (Wildman–Crippen LogP) is 2.43. The Hall–Kier alpha value is -2.89. The summed E-state index contributed by atoms with van der Waals surface area (Å²) in [5, 5.41) is 2.80. The molecule has 0 aromatic heterocycles. The number of rotatable bonds is 4. The Bertz CT molecular complexity index is 805. The molecule has 0 bridgehead atoms. The number of nitrogens with zero attached hydrogens (tertiary/aromatic N) is 1. The molecule has 0 spiro atoms. The van der Waals surface area contributed by atoms with Crippen LogP contribution in [0.2, 0.25) is 0 Å². The molecule has 6 heteroatoms. The van der Waals surface area contributed by atoms with E-state index in [-0.39, 0.29) is 24.1 Å². The number of hydrogen-bond donors (Lipinski definition) is 1. The maximum absolute atomic E-state index is 12.9. The molecular formula is C19H19FN2O3. The van der Waals surface area contributed by atoms with Crippen LogP contribution >= 0.6 is 0 Å². The molecule has 2 aromatic carbocycles. The molecule has 0 radical (unpaired) electrons. The van der Waals surface area contributed by atoms with Crippen molar-refractivity contribution in [3.63, 3.8) is 0 Å². The number of ether oxygens (including phenoxy) is 1. The maximum Gasteiger partial charge on any atom is 0.267 e. The lowest BCUT2D eigenvalue weighted by molar-refractivity contribution is -0.125. The number of anilines is 1. The molecule has 0 saturated carbocycles. The number of nitrogens with one attached hydrogen (secondary N) is 1. The Morgan fingerprint density at radius 2 is 1.88 bits per heavy atom. The van der Waals surface area contributed by atoms with Gasteiger partial charge in [0.05, 0.1) is 12.1 Å². The minimum atomic E-state index is -0.512. The molecule has 25 heavy (non-hydrogen) atoms. The fourth-order valence-electron chi connectivity index (χ4n) is 2.72. The Balaban J connectivity index is 1.64. The quantitative estimate of drug-likeness (QED) is 0.928. The molecule has 1 heterocycles. The normalized spacial score (nSPS) is 16.2. The molecule has 0 saturated heterocycles. The van der Waals surface area contributed by atoms with Gasteiger partial charge in [0.2, 0.25) is 5.91 Å². The number of halogens is 1. The summed E-state index contributed by atoms with van der Waals surface area (Å²) in [7, 11) is 1.69. The van der Waals surface area contributed by atoms with Crippen LogP contribution in [-0.4, -0.2) is 25.0 Å². The molecule has 1 aliphatic heterocycles. The van der Waals surface area contributed by atoms with E-state index in [1.807, 2.05) is 6.07 Å². The maximum atomic E-state index is 12.9. The van der Waals surface area contributed by atoms with Crippen LogP contribution in [0.1, 0.15) is 18.1 Å². The summed E-state index contributed by atoms with van der Waals surface area (Å²) in [4.78, 5) is 25.7. The molecule has 1 atom stereocenters. The van der Waals surface area contributed by atoms with Gasteiger partial charge < -0.3 is 15.0 Å². The Morgan fingerprint density at radius 3 is 2.60 bits per heavy atom. The highest BCUT2D eigenvalue weighted by molar-refractivity contribution is 5.99. The average Bonchev–Trinajstić information content (AvgIpc) is 2.60. The van der Waals surface area contributed by atoms with Crippen LogP contribution in [0.5, 0.6) is 5.75 Å². The standard InChI is InChI=1S/C19H19FN2O3/c1-12-19(24)22(2)16-9-14(5-8-17(16)25-12)10-18(23)21-11-13-3-6-15(20)7-4-13/h3-9,12H,10-11H2,1-2H3,(H,21,23). The number of likely N-dealkylation sites (N-methyl/N-ethyl adjacent to an activating group) is 1. The van der Waals surface area contributed by atoms with Gasteiger partial charge in [-0.3, -0.25) is 9.59 Å². The molecule has 1 aliphatic rings. The van der Waals surface area contributed by atoms with Gasteiger partial charge in [-0.1, -0.05) is 18.2 Å². The lowest BCUT2D eigenvalue weighted by Crippen LogP contribution is -2.42. The van der Waals surface area contributed by atoms with Crippen molar-refractivity contribution in [3.8, 4) is 5.75 Å². The molecule has 0 aliphatic carbocycles. The van der Waals surface area contributed by atoms with Crippen LogP contribution in [0.15, 0.2) is 42.5 Å². The van der Waals surface area contributed by atoms with Crippen LogP contribution in [-0.2, 0) is 22.6 Å². The summed E-state index contributed by atoms with van der Waals surface area (Å²) in [6.45, 7) is 2.04. The van der Waals surface area contributed by atoms with Crippen molar-refractivity contribution >= 4 is 17.5 Å². The largest absolute Gasteiger partial charge is 0.479 e. The first-order valence-corrected chi connectivity index (χ1v) is 8.02. The molecule has 1 N–H and O–H groups in total. The van der Waals surface area contributed by atoms with Crippen molar-refractivity contribution in [3.05, 3.63) is 59.4 Å². The van der Waals surface area contributed by atoms with Crippen LogP contribution < -0.4 is 15.0 Å². The van der Waals surface area contributed by atoms with Crippen LogP contribution in [0.4, 0.5) is 10.1 Å². The lowest BCUT2D eigenvalue weighted by atomic mass is 10.1. The zero-order valence-corrected chi connectivity index (χ0v) is 14.1. The van der Waals surface area contributed by atoms with Gasteiger partial charge in [0.25, 0.3) is 5.91 Å². The fourth-order valence-corrected chi connectivity index (χ4v) is 2.72. The van der Waals surface area contributed by atoms with Gasteiger partial charge in [-0.15, -0.1) is 0 Å². The highest BCUT2D eigenvalue weighted by Gasteiger charge is 2.28. The second-order valence-electron chi connectivity index (χ2n) is 6.04. The van der Waals surface area contributed by atoms with Crippen LogP contribution in [0.3, 0.4) is 0 Å². The Morgan fingerprint density at radius 1 is 1.20 bits per heavy atom. The van der Waals surface area contributed by atoms with Crippen molar-refractivity contribution in [1.82, 2.24) is 5.32 Å².